The summed E-state index contributed by atoms with van der Waals surface area (Å²) in [6.07, 6.45) is 0. The summed E-state index contributed by atoms with van der Waals surface area (Å²) in [5.74, 6) is 0.858. The van der Waals surface area contributed by atoms with Gasteiger partial charge in [0.25, 0.3) is 0 Å². The van der Waals surface area contributed by atoms with Gasteiger partial charge < -0.3 is 10.7 Å². The van der Waals surface area contributed by atoms with Gasteiger partial charge in [-0.2, -0.15) is 0 Å². The van der Waals surface area contributed by atoms with E-state index in [-0.39, 0.29) is 0 Å². The van der Waals surface area contributed by atoms with Crippen LogP contribution in [0.1, 0.15) is 16.0 Å². The van der Waals surface area contributed by atoms with Gasteiger partial charge in [0.2, 0.25) is 0 Å². The zero-order valence-electron chi connectivity index (χ0n) is 10.7. The predicted molar refractivity (Wildman–Crippen MR) is 78.0 cm³/mol. The lowest BCUT2D eigenvalue weighted by atomic mass is 10.1. The number of H-pyrrole nitrogens is 1. The molecular weight excluding hydrogens is 242 g/mol. The monoisotopic (exact) mass is 257 g/mol. The number of hydrogen-bond donors (Lipinski definition) is 2. The quantitative estimate of drug-likeness (QED) is 0.696. The van der Waals surface area contributed by atoms with Gasteiger partial charge in [0.1, 0.15) is 5.82 Å². The average Bonchev–Trinajstić information content (AvgIpc) is 2.82. The number of nitrogens with two attached hydrogens (primary N) is 1. The molecule has 0 bridgehead atoms. The molecule has 0 radical (unpaired) electrons. The molecule has 4 heteroatoms. The minimum Gasteiger partial charge on any atom is -0.390 e. The van der Waals surface area contributed by atoms with Gasteiger partial charge in [-0.1, -0.05) is 0 Å². The van der Waals surface area contributed by atoms with Crippen molar-refractivity contribution in [2.45, 2.75) is 20.8 Å². The van der Waals surface area contributed by atoms with Gasteiger partial charge in [-0.15, -0.1) is 11.3 Å². The van der Waals surface area contributed by atoms with Crippen LogP contribution in [0.25, 0.3) is 22.4 Å². The van der Waals surface area contributed by atoms with E-state index in [1.165, 1.54) is 16.0 Å². The minimum atomic E-state index is 0.819. The average molecular weight is 257 g/mol. The van der Waals surface area contributed by atoms with Crippen LogP contribution in [0.4, 0.5) is 5.00 Å². The van der Waals surface area contributed by atoms with E-state index < -0.39 is 0 Å². The number of thiophene rings is 1. The van der Waals surface area contributed by atoms with E-state index in [0.717, 1.165) is 27.4 Å². The van der Waals surface area contributed by atoms with Crippen molar-refractivity contribution in [1.29, 1.82) is 0 Å². The highest BCUT2D eigenvalue weighted by Gasteiger charge is 2.11. The fraction of sp³-hybridized carbons (Fsp3) is 0.214. The van der Waals surface area contributed by atoms with Crippen LogP contribution in [0, 0.1) is 20.8 Å². The molecule has 3 rings (SSSR count). The summed E-state index contributed by atoms with van der Waals surface area (Å²) in [7, 11) is 0. The molecule has 92 valence electrons. The molecule has 0 aliphatic carbocycles. The Bertz CT molecular complexity index is 698. The van der Waals surface area contributed by atoms with Crippen LogP contribution in [0.2, 0.25) is 0 Å². The number of nitrogens with zero attached hydrogens (tertiary/aromatic N) is 1. The topological polar surface area (TPSA) is 54.7 Å². The first-order chi connectivity index (χ1) is 8.54. The molecule has 1 aromatic carbocycles. The fourth-order valence-corrected chi connectivity index (χ4v) is 2.90. The number of hydrogen-bond acceptors (Lipinski definition) is 3. The number of fused-ring (bicyclic) bond motifs is 1. The number of aryl methyl sites for hydroxylation is 3. The van der Waals surface area contributed by atoms with Crippen LogP contribution in [-0.4, -0.2) is 9.97 Å². The highest BCUT2D eigenvalue weighted by Crippen LogP contribution is 2.33. The van der Waals surface area contributed by atoms with Crippen molar-refractivity contribution >= 4 is 27.4 Å². The SMILES string of the molecule is Cc1cc(-c2nc3cc(C)c(C)cc3[nH]2)c(N)s1. The highest BCUT2D eigenvalue weighted by molar-refractivity contribution is 7.16. The second-order valence-electron chi connectivity index (χ2n) is 4.67. The van der Waals surface area contributed by atoms with E-state index in [1.54, 1.807) is 11.3 Å². The Kier molecular flexibility index (Phi) is 2.41. The molecule has 3 aromatic rings. The van der Waals surface area contributed by atoms with Gasteiger partial charge in [-0.3, -0.25) is 0 Å². The van der Waals surface area contributed by atoms with Crippen molar-refractivity contribution in [2.75, 3.05) is 5.73 Å². The standard InChI is InChI=1S/C14H15N3S/c1-7-4-11-12(5-8(7)2)17-14(16-11)10-6-9(3)18-13(10)15/h4-6H,15H2,1-3H3,(H,16,17). The van der Waals surface area contributed by atoms with E-state index >= 15 is 0 Å². The molecule has 2 aromatic heterocycles. The third-order valence-electron chi connectivity index (χ3n) is 3.24. The van der Waals surface area contributed by atoms with Gasteiger partial charge in [-0.05, 0) is 50.1 Å². The molecule has 0 fully saturated rings. The van der Waals surface area contributed by atoms with Crippen molar-refractivity contribution < 1.29 is 0 Å². The summed E-state index contributed by atoms with van der Waals surface area (Å²) in [5, 5.41) is 0.819. The Hall–Kier alpha value is -1.81. The van der Waals surface area contributed by atoms with Gasteiger partial charge >= 0.3 is 0 Å². The number of imidazole rings is 1. The third kappa shape index (κ3) is 1.69. The van der Waals surface area contributed by atoms with E-state index in [0.29, 0.717) is 0 Å². The molecular formula is C14H15N3S. The van der Waals surface area contributed by atoms with Crippen molar-refractivity contribution in [3.05, 3.63) is 34.2 Å². The number of rotatable bonds is 1. The number of nitrogen functional groups attached to an aromatic ring is 1. The molecule has 0 saturated heterocycles. The Morgan fingerprint density at radius 1 is 1.11 bits per heavy atom. The van der Waals surface area contributed by atoms with Gasteiger partial charge in [0.05, 0.1) is 21.6 Å². The smallest absolute Gasteiger partial charge is 0.141 e. The molecule has 3 N–H and O–H groups in total. The first kappa shape index (κ1) is 11.3. The van der Waals surface area contributed by atoms with Crippen LogP contribution >= 0.6 is 11.3 Å². The summed E-state index contributed by atoms with van der Waals surface area (Å²) in [6, 6.07) is 6.33. The summed E-state index contributed by atoms with van der Waals surface area (Å²) < 4.78 is 0. The molecule has 0 aliphatic heterocycles. The van der Waals surface area contributed by atoms with Crippen LogP contribution in [0.5, 0.6) is 0 Å². The van der Waals surface area contributed by atoms with E-state index in [1.807, 2.05) is 0 Å². The normalized spacial score (nSPS) is 11.3. The van der Waals surface area contributed by atoms with Crippen LogP contribution in [-0.2, 0) is 0 Å². The molecule has 2 heterocycles. The van der Waals surface area contributed by atoms with Crippen molar-refractivity contribution in [3.63, 3.8) is 0 Å². The maximum Gasteiger partial charge on any atom is 0.141 e. The van der Waals surface area contributed by atoms with Crippen LogP contribution < -0.4 is 5.73 Å². The Labute approximate surface area is 110 Å². The first-order valence-electron chi connectivity index (χ1n) is 5.88. The number of nitrogens with one attached hydrogen (secondary N) is 1. The number of benzene rings is 1. The first-order valence-corrected chi connectivity index (χ1v) is 6.69. The predicted octanol–water partition coefficient (Wildman–Crippen LogP) is 3.80. The maximum absolute atomic E-state index is 6.01. The largest absolute Gasteiger partial charge is 0.390 e. The van der Waals surface area contributed by atoms with Crippen molar-refractivity contribution in [1.82, 2.24) is 9.97 Å². The van der Waals surface area contributed by atoms with Gasteiger partial charge in [0.15, 0.2) is 0 Å². The van der Waals surface area contributed by atoms with E-state index in [4.69, 9.17) is 5.73 Å². The molecule has 18 heavy (non-hydrogen) atoms. The summed E-state index contributed by atoms with van der Waals surface area (Å²) >= 11 is 1.60. The molecule has 0 amide bonds. The summed E-state index contributed by atoms with van der Waals surface area (Å²) in [4.78, 5) is 9.18. The zero-order chi connectivity index (χ0) is 12.9. The van der Waals surface area contributed by atoms with Crippen LogP contribution in [0.3, 0.4) is 0 Å². The number of aromatic amines is 1. The fourth-order valence-electron chi connectivity index (χ4n) is 2.11. The van der Waals surface area contributed by atoms with Gasteiger partial charge in [0, 0.05) is 4.88 Å². The van der Waals surface area contributed by atoms with Gasteiger partial charge in [-0.25, -0.2) is 4.98 Å². The zero-order valence-corrected chi connectivity index (χ0v) is 11.5. The minimum absolute atomic E-state index is 0.819. The van der Waals surface area contributed by atoms with Crippen molar-refractivity contribution in [2.24, 2.45) is 0 Å². The third-order valence-corrected chi connectivity index (χ3v) is 4.12. The second-order valence-corrected chi connectivity index (χ2v) is 5.96. The van der Waals surface area contributed by atoms with E-state index in [2.05, 4.69) is 48.9 Å². The van der Waals surface area contributed by atoms with E-state index in [9.17, 15) is 0 Å². The van der Waals surface area contributed by atoms with Crippen LogP contribution in [0.15, 0.2) is 18.2 Å². The molecule has 0 aliphatic rings. The number of anilines is 1. The lowest BCUT2D eigenvalue weighted by Gasteiger charge is -1.97. The number of aromatic nitrogens is 2. The Morgan fingerprint density at radius 2 is 1.83 bits per heavy atom. The maximum atomic E-state index is 6.01. The Balaban J connectivity index is 2.22. The lowest BCUT2D eigenvalue weighted by molar-refractivity contribution is 1.34. The molecule has 0 spiro atoms. The molecule has 3 nitrogen and oxygen atoms in total. The summed E-state index contributed by atoms with van der Waals surface area (Å²) in [6.45, 7) is 6.27. The second kappa shape index (κ2) is 3.85. The molecule has 0 unspecified atom stereocenters. The molecule has 0 saturated carbocycles. The lowest BCUT2D eigenvalue weighted by Crippen LogP contribution is -1.84. The Morgan fingerprint density at radius 3 is 2.50 bits per heavy atom. The van der Waals surface area contributed by atoms with Crippen molar-refractivity contribution in [3.8, 4) is 11.4 Å². The highest BCUT2D eigenvalue weighted by atomic mass is 32.1. The molecule has 0 atom stereocenters. The summed E-state index contributed by atoms with van der Waals surface area (Å²) in [5.41, 5.74) is 11.6.